The minimum absolute atomic E-state index is 0.0179. The van der Waals surface area contributed by atoms with Gasteiger partial charge in [-0.2, -0.15) is 0 Å². The molecule has 0 aliphatic heterocycles. The molecule has 0 spiro atoms. The van der Waals surface area contributed by atoms with Gasteiger partial charge in [-0.25, -0.2) is 14.4 Å². The summed E-state index contributed by atoms with van der Waals surface area (Å²) in [5.74, 6) is -0.421. The summed E-state index contributed by atoms with van der Waals surface area (Å²) in [6, 6.07) is 0. The standard InChI is InChI=1S/C11H12ClFN2O/c12-11-14-6-8(13)9(15-11)5-10(16)7-3-1-2-4-7/h6-7H,1-5H2. The van der Waals surface area contributed by atoms with Gasteiger partial charge in [0.05, 0.1) is 18.3 Å². The largest absolute Gasteiger partial charge is 0.299 e. The number of ketones is 1. The molecule has 1 heterocycles. The van der Waals surface area contributed by atoms with Gasteiger partial charge in [-0.05, 0) is 24.4 Å². The van der Waals surface area contributed by atoms with Crippen molar-refractivity contribution in [2.24, 2.45) is 5.92 Å². The first-order chi connectivity index (χ1) is 7.66. The van der Waals surface area contributed by atoms with Gasteiger partial charge in [0.2, 0.25) is 5.28 Å². The van der Waals surface area contributed by atoms with Gasteiger partial charge in [-0.1, -0.05) is 12.8 Å². The van der Waals surface area contributed by atoms with Crippen LogP contribution in [0.15, 0.2) is 6.20 Å². The molecule has 16 heavy (non-hydrogen) atoms. The molecule has 0 unspecified atom stereocenters. The van der Waals surface area contributed by atoms with Crippen molar-refractivity contribution in [3.8, 4) is 0 Å². The molecule has 1 aliphatic rings. The van der Waals surface area contributed by atoms with Crippen molar-refractivity contribution in [3.05, 3.63) is 23.0 Å². The van der Waals surface area contributed by atoms with Crippen LogP contribution in [0.2, 0.25) is 5.28 Å². The normalized spacial score (nSPS) is 16.6. The van der Waals surface area contributed by atoms with Gasteiger partial charge in [-0.3, -0.25) is 4.79 Å². The number of hydrogen-bond acceptors (Lipinski definition) is 3. The van der Waals surface area contributed by atoms with Gasteiger partial charge in [-0.15, -0.1) is 0 Å². The van der Waals surface area contributed by atoms with Crippen molar-refractivity contribution in [1.82, 2.24) is 9.97 Å². The number of nitrogens with zero attached hydrogens (tertiary/aromatic N) is 2. The average molecular weight is 243 g/mol. The zero-order chi connectivity index (χ0) is 11.5. The van der Waals surface area contributed by atoms with Crippen molar-refractivity contribution >= 4 is 17.4 Å². The number of hydrogen-bond donors (Lipinski definition) is 0. The molecule has 5 heteroatoms. The zero-order valence-corrected chi connectivity index (χ0v) is 9.50. The molecule has 1 aromatic heterocycles. The van der Waals surface area contributed by atoms with Crippen molar-refractivity contribution in [2.45, 2.75) is 32.1 Å². The molecule has 1 fully saturated rings. The van der Waals surface area contributed by atoms with Crippen LogP contribution >= 0.6 is 11.6 Å². The molecular weight excluding hydrogens is 231 g/mol. The fourth-order valence-corrected chi connectivity index (χ4v) is 2.21. The summed E-state index contributed by atoms with van der Waals surface area (Å²) in [5, 5.41) is -0.0179. The predicted molar refractivity (Wildman–Crippen MR) is 57.7 cm³/mol. The van der Waals surface area contributed by atoms with Crippen LogP contribution in [0.3, 0.4) is 0 Å². The Morgan fingerprint density at radius 3 is 2.88 bits per heavy atom. The number of Topliss-reactive ketones (excluding diaryl/α,β-unsaturated/α-hetero) is 1. The lowest BCUT2D eigenvalue weighted by Gasteiger charge is -2.07. The SMILES string of the molecule is O=C(Cc1nc(Cl)ncc1F)C1CCCC1. The third kappa shape index (κ3) is 2.55. The highest BCUT2D eigenvalue weighted by molar-refractivity contribution is 6.28. The van der Waals surface area contributed by atoms with Crippen molar-refractivity contribution in [3.63, 3.8) is 0 Å². The van der Waals surface area contributed by atoms with Crippen LogP contribution in [0.4, 0.5) is 4.39 Å². The fourth-order valence-electron chi connectivity index (χ4n) is 2.06. The van der Waals surface area contributed by atoms with Crippen LogP contribution in [-0.4, -0.2) is 15.8 Å². The van der Waals surface area contributed by atoms with E-state index >= 15 is 0 Å². The molecule has 2 rings (SSSR count). The lowest BCUT2D eigenvalue weighted by molar-refractivity contribution is -0.122. The smallest absolute Gasteiger partial charge is 0.222 e. The average Bonchev–Trinajstić information content (AvgIpc) is 2.76. The van der Waals surface area contributed by atoms with E-state index in [2.05, 4.69) is 9.97 Å². The molecule has 86 valence electrons. The van der Waals surface area contributed by atoms with E-state index in [0.29, 0.717) is 0 Å². The van der Waals surface area contributed by atoms with Gasteiger partial charge < -0.3 is 0 Å². The first-order valence-electron chi connectivity index (χ1n) is 5.36. The third-order valence-electron chi connectivity index (χ3n) is 2.94. The molecule has 0 bridgehead atoms. The maximum Gasteiger partial charge on any atom is 0.222 e. The number of rotatable bonds is 3. The second-order valence-electron chi connectivity index (χ2n) is 4.06. The maximum atomic E-state index is 13.3. The third-order valence-corrected chi connectivity index (χ3v) is 3.12. The Labute approximate surface area is 98.0 Å². The lowest BCUT2D eigenvalue weighted by atomic mass is 9.99. The second-order valence-corrected chi connectivity index (χ2v) is 4.40. The summed E-state index contributed by atoms with van der Waals surface area (Å²) >= 11 is 5.56. The zero-order valence-electron chi connectivity index (χ0n) is 8.75. The quantitative estimate of drug-likeness (QED) is 0.765. The molecule has 0 amide bonds. The number of halogens is 2. The van der Waals surface area contributed by atoms with E-state index in [-0.39, 0.29) is 29.1 Å². The van der Waals surface area contributed by atoms with E-state index in [1.165, 1.54) is 0 Å². The first-order valence-corrected chi connectivity index (χ1v) is 5.74. The Hall–Kier alpha value is -1.03. The fraction of sp³-hybridized carbons (Fsp3) is 0.545. The van der Waals surface area contributed by atoms with Crippen LogP contribution < -0.4 is 0 Å². The van der Waals surface area contributed by atoms with E-state index in [9.17, 15) is 9.18 Å². The topological polar surface area (TPSA) is 42.9 Å². The van der Waals surface area contributed by atoms with E-state index in [1.54, 1.807) is 0 Å². The summed E-state index contributed by atoms with van der Waals surface area (Å²) in [5.41, 5.74) is 0.108. The van der Waals surface area contributed by atoms with Gasteiger partial charge in [0.25, 0.3) is 0 Å². The summed E-state index contributed by atoms with van der Waals surface area (Å²) in [4.78, 5) is 19.1. The van der Waals surface area contributed by atoms with Crippen LogP contribution in [0.25, 0.3) is 0 Å². The molecule has 0 aromatic carbocycles. The number of aromatic nitrogens is 2. The first kappa shape index (κ1) is 11.5. The van der Waals surface area contributed by atoms with E-state index < -0.39 is 5.82 Å². The molecule has 1 aliphatic carbocycles. The Morgan fingerprint density at radius 1 is 1.50 bits per heavy atom. The van der Waals surface area contributed by atoms with Crippen molar-refractivity contribution < 1.29 is 9.18 Å². The predicted octanol–water partition coefficient (Wildman–Crippen LogP) is 2.57. The molecule has 0 atom stereocenters. The summed E-state index contributed by atoms with van der Waals surface area (Å²) in [6.45, 7) is 0. The van der Waals surface area contributed by atoms with Gasteiger partial charge in [0.1, 0.15) is 5.78 Å². The summed E-state index contributed by atoms with van der Waals surface area (Å²) in [6.07, 6.45) is 5.04. The maximum absolute atomic E-state index is 13.3. The van der Waals surface area contributed by atoms with E-state index in [1.807, 2.05) is 0 Å². The molecule has 0 saturated heterocycles. The van der Waals surface area contributed by atoms with Gasteiger partial charge in [0.15, 0.2) is 5.82 Å². The molecule has 0 N–H and O–H groups in total. The lowest BCUT2D eigenvalue weighted by Crippen LogP contribution is -2.15. The summed E-state index contributed by atoms with van der Waals surface area (Å²) in [7, 11) is 0. The van der Waals surface area contributed by atoms with Gasteiger partial charge >= 0.3 is 0 Å². The van der Waals surface area contributed by atoms with Crippen LogP contribution in [-0.2, 0) is 11.2 Å². The summed E-state index contributed by atoms with van der Waals surface area (Å²) < 4.78 is 13.3. The van der Waals surface area contributed by atoms with Crippen LogP contribution in [0.1, 0.15) is 31.4 Å². The molecule has 1 aromatic rings. The van der Waals surface area contributed by atoms with Crippen LogP contribution in [0, 0.1) is 11.7 Å². The highest BCUT2D eigenvalue weighted by Crippen LogP contribution is 2.26. The van der Waals surface area contributed by atoms with E-state index in [0.717, 1.165) is 31.9 Å². The second kappa shape index (κ2) is 4.87. The Bertz CT molecular complexity index is 405. The number of carbonyl (C=O) groups excluding carboxylic acids is 1. The van der Waals surface area contributed by atoms with Gasteiger partial charge in [0, 0.05) is 5.92 Å². The van der Waals surface area contributed by atoms with Crippen molar-refractivity contribution in [2.75, 3.05) is 0 Å². The monoisotopic (exact) mass is 242 g/mol. The highest BCUT2D eigenvalue weighted by Gasteiger charge is 2.24. The minimum Gasteiger partial charge on any atom is -0.299 e. The molecular formula is C11H12ClFN2O. The number of carbonyl (C=O) groups is 1. The Balaban J connectivity index is 2.07. The molecule has 1 saturated carbocycles. The molecule has 0 radical (unpaired) electrons. The van der Waals surface area contributed by atoms with Crippen molar-refractivity contribution in [1.29, 1.82) is 0 Å². The Morgan fingerprint density at radius 2 is 2.19 bits per heavy atom. The highest BCUT2D eigenvalue weighted by atomic mass is 35.5. The minimum atomic E-state index is -0.559. The molecule has 3 nitrogen and oxygen atoms in total. The van der Waals surface area contributed by atoms with Crippen LogP contribution in [0.5, 0.6) is 0 Å². The van der Waals surface area contributed by atoms with E-state index in [4.69, 9.17) is 11.6 Å². The Kier molecular flexibility index (Phi) is 3.49.